The van der Waals surface area contributed by atoms with E-state index in [0.29, 0.717) is 35.4 Å². The fraction of sp³-hybridized carbons (Fsp3) is 0.333. The minimum atomic E-state index is -0.491. The Kier molecular flexibility index (Phi) is 5.72. The van der Waals surface area contributed by atoms with Crippen molar-refractivity contribution in [3.8, 4) is 5.69 Å². The van der Waals surface area contributed by atoms with E-state index < -0.39 is 11.6 Å². The predicted octanol–water partition coefficient (Wildman–Crippen LogP) is 4.35. The minimum absolute atomic E-state index is 0.185. The Hall–Kier alpha value is -3.82. The van der Waals surface area contributed by atoms with Crippen LogP contribution in [-0.4, -0.2) is 49.9 Å². The lowest BCUT2D eigenvalue weighted by atomic mass is 9.89. The number of hydrogen-bond donors (Lipinski definition) is 1. The molecule has 0 unspecified atom stereocenters. The van der Waals surface area contributed by atoms with Gasteiger partial charge in [-0.15, -0.1) is 0 Å². The molecule has 2 aromatic heterocycles. The Labute approximate surface area is 194 Å². The highest BCUT2D eigenvalue weighted by atomic mass is 19.1. The number of aryl methyl sites for hydroxylation is 1. The maximum Gasteiger partial charge on any atom is 0.295 e. The number of piperidine rings is 1. The number of halogens is 2. The summed E-state index contributed by atoms with van der Waals surface area (Å²) in [5, 5.41) is 11.5. The van der Waals surface area contributed by atoms with Crippen LogP contribution in [-0.2, 0) is 0 Å². The number of nitrogens with one attached hydrogen (secondary N) is 1. The van der Waals surface area contributed by atoms with Crippen LogP contribution < -0.4 is 5.32 Å². The third kappa shape index (κ3) is 4.11. The molecule has 8 nitrogen and oxygen atoms in total. The van der Waals surface area contributed by atoms with E-state index in [4.69, 9.17) is 4.42 Å². The van der Waals surface area contributed by atoms with E-state index in [1.54, 1.807) is 17.9 Å². The minimum Gasteiger partial charge on any atom is -0.423 e. The van der Waals surface area contributed by atoms with Crippen molar-refractivity contribution in [1.82, 2.24) is 24.9 Å². The summed E-state index contributed by atoms with van der Waals surface area (Å²) in [5.74, 6) is -0.989. The molecule has 10 heteroatoms. The fourth-order valence-corrected chi connectivity index (χ4v) is 4.63. The highest BCUT2D eigenvalue weighted by Gasteiger charge is 2.34. The largest absolute Gasteiger partial charge is 0.423 e. The number of rotatable bonds is 5. The second-order valence-electron chi connectivity index (χ2n) is 8.63. The molecule has 34 heavy (non-hydrogen) atoms. The van der Waals surface area contributed by atoms with Crippen molar-refractivity contribution in [1.29, 1.82) is 0 Å². The zero-order valence-electron chi connectivity index (χ0n) is 18.8. The zero-order valence-corrected chi connectivity index (χ0v) is 18.8. The van der Waals surface area contributed by atoms with Gasteiger partial charge in [-0.3, -0.25) is 4.79 Å². The molecule has 2 atom stereocenters. The van der Waals surface area contributed by atoms with Gasteiger partial charge < -0.3 is 14.6 Å². The summed E-state index contributed by atoms with van der Waals surface area (Å²) in [6.45, 7) is 4.73. The third-order valence-electron chi connectivity index (χ3n) is 6.30. The van der Waals surface area contributed by atoms with Gasteiger partial charge in [0.2, 0.25) is 0 Å². The van der Waals surface area contributed by atoms with Crippen LogP contribution >= 0.6 is 0 Å². The number of fused-ring (bicyclic) bond motifs is 1. The molecule has 176 valence electrons. The Morgan fingerprint density at radius 3 is 2.76 bits per heavy atom. The van der Waals surface area contributed by atoms with Crippen LogP contribution in [0, 0.1) is 24.5 Å². The topological polar surface area (TPSA) is 89.1 Å². The number of nitrogens with zero attached hydrogens (tertiary/aromatic N) is 5. The van der Waals surface area contributed by atoms with Gasteiger partial charge in [-0.1, -0.05) is 6.92 Å². The predicted molar refractivity (Wildman–Crippen MR) is 122 cm³/mol. The van der Waals surface area contributed by atoms with Gasteiger partial charge in [0.15, 0.2) is 5.58 Å². The monoisotopic (exact) mass is 466 g/mol. The van der Waals surface area contributed by atoms with Gasteiger partial charge >= 0.3 is 0 Å². The van der Waals surface area contributed by atoms with Crippen molar-refractivity contribution in [3.05, 3.63) is 65.5 Å². The number of oxazole rings is 1. The first-order chi connectivity index (χ1) is 16.4. The van der Waals surface area contributed by atoms with Crippen LogP contribution in [0.3, 0.4) is 0 Å². The van der Waals surface area contributed by atoms with Crippen LogP contribution in [0.4, 0.5) is 14.8 Å². The summed E-state index contributed by atoms with van der Waals surface area (Å²) in [5.41, 5.74) is 2.13. The van der Waals surface area contributed by atoms with Gasteiger partial charge in [0.05, 0.1) is 24.0 Å². The average molecular weight is 466 g/mol. The molecule has 4 aromatic rings. The summed E-state index contributed by atoms with van der Waals surface area (Å²) in [6, 6.07) is 6.84. The number of carbonyl (C=O) groups is 1. The first-order valence-corrected chi connectivity index (χ1v) is 11.2. The standard InChI is InChI=1S/C24H24F2N6O2/c1-14-4-3-9-31(20(14)13-27-24-30-19-6-5-16(25)12-21(19)34-24)23(33)18-11-17(26)10-15(2)22(18)32-28-7-8-29-32/h5-8,10-12,14,20H,3-4,9,13H2,1-2H3,(H,27,30)/t14-,20-/m1/s1. The van der Waals surface area contributed by atoms with Gasteiger partial charge in [0.1, 0.15) is 22.8 Å². The Morgan fingerprint density at radius 2 is 1.97 bits per heavy atom. The van der Waals surface area contributed by atoms with Crippen molar-refractivity contribution in [2.24, 2.45) is 5.92 Å². The van der Waals surface area contributed by atoms with Crippen LogP contribution in [0.1, 0.15) is 35.7 Å². The fourth-order valence-electron chi connectivity index (χ4n) is 4.63. The first-order valence-electron chi connectivity index (χ1n) is 11.2. The van der Waals surface area contributed by atoms with E-state index in [1.165, 1.54) is 41.5 Å². The molecule has 0 bridgehead atoms. The number of amides is 1. The number of benzene rings is 2. The van der Waals surface area contributed by atoms with Crippen LogP contribution in [0.25, 0.3) is 16.8 Å². The average Bonchev–Trinajstić information content (AvgIpc) is 3.46. The van der Waals surface area contributed by atoms with E-state index in [2.05, 4.69) is 27.4 Å². The third-order valence-corrected chi connectivity index (χ3v) is 6.30. The SMILES string of the molecule is Cc1cc(F)cc(C(=O)N2CCC[C@@H](C)[C@H]2CNc2nc3ccc(F)cc3o2)c1-n1nccn1. The molecular formula is C24H24F2N6O2. The van der Waals surface area contributed by atoms with Crippen molar-refractivity contribution in [3.63, 3.8) is 0 Å². The van der Waals surface area contributed by atoms with Crippen LogP contribution in [0.15, 0.2) is 47.1 Å². The number of anilines is 1. The molecule has 1 aliphatic heterocycles. The summed E-state index contributed by atoms with van der Waals surface area (Å²) in [4.78, 5) is 21.2. The van der Waals surface area contributed by atoms with Crippen molar-refractivity contribution in [2.75, 3.05) is 18.4 Å². The van der Waals surface area contributed by atoms with Gasteiger partial charge in [0.25, 0.3) is 11.9 Å². The Balaban J connectivity index is 1.43. The molecule has 2 aromatic carbocycles. The zero-order chi connectivity index (χ0) is 23.8. The molecule has 5 rings (SSSR count). The highest BCUT2D eigenvalue weighted by molar-refractivity contribution is 5.98. The molecule has 0 radical (unpaired) electrons. The molecule has 1 fully saturated rings. The van der Waals surface area contributed by atoms with Crippen molar-refractivity contribution >= 4 is 23.0 Å². The second-order valence-corrected chi connectivity index (χ2v) is 8.63. The Bertz CT molecular complexity index is 1340. The molecule has 0 spiro atoms. The number of aromatic nitrogens is 4. The summed E-state index contributed by atoms with van der Waals surface area (Å²) < 4.78 is 33.5. The second kappa shape index (κ2) is 8.85. The molecule has 1 saturated heterocycles. The quantitative estimate of drug-likeness (QED) is 0.471. The molecular weight excluding hydrogens is 442 g/mol. The molecule has 0 saturated carbocycles. The first kappa shape index (κ1) is 22.0. The molecule has 0 aliphatic carbocycles. The van der Waals surface area contributed by atoms with E-state index in [0.717, 1.165) is 12.8 Å². The summed E-state index contributed by atoms with van der Waals surface area (Å²) >= 11 is 0. The van der Waals surface area contributed by atoms with Gasteiger partial charge in [-0.25, -0.2) is 8.78 Å². The summed E-state index contributed by atoms with van der Waals surface area (Å²) in [6.07, 6.45) is 4.82. The van der Waals surface area contributed by atoms with Gasteiger partial charge in [-0.2, -0.15) is 20.0 Å². The van der Waals surface area contributed by atoms with E-state index in [-0.39, 0.29) is 29.4 Å². The Morgan fingerprint density at radius 1 is 1.18 bits per heavy atom. The lowest BCUT2D eigenvalue weighted by Gasteiger charge is -2.40. The lowest BCUT2D eigenvalue weighted by molar-refractivity contribution is 0.0538. The van der Waals surface area contributed by atoms with Crippen LogP contribution in [0.2, 0.25) is 0 Å². The normalized spacial score (nSPS) is 18.4. The van der Waals surface area contributed by atoms with E-state index in [1.807, 2.05) is 0 Å². The number of hydrogen-bond acceptors (Lipinski definition) is 6. The highest BCUT2D eigenvalue weighted by Crippen LogP contribution is 2.29. The smallest absolute Gasteiger partial charge is 0.295 e. The maximum atomic E-state index is 14.4. The van der Waals surface area contributed by atoms with Crippen molar-refractivity contribution < 1.29 is 18.0 Å². The van der Waals surface area contributed by atoms with E-state index >= 15 is 0 Å². The lowest BCUT2D eigenvalue weighted by Crippen LogP contribution is -2.51. The maximum absolute atomic E-state index is 14.4. The molecule has 1 amide bonds. The molecule has 1 N–H and O–H groups in total. The van der Waals surface area contributed by atoms with Crippen LogP contribution in [0.5, 0.6) is 0 Å². The summed E-state index contributed by atoms with van der Waals surface area (Å²) in [7, 11) is 0. The molecule has 1 aliphatic rings. The number of likely N-dealkylation sites (tertiary alicyclic amines) is 1. The van der Waals surface area contributed by atoms with E-state index in [9.17, 15) is 13.6 Å². The molecule has 3 heterocycles. The van der Waals surface area contributed by atoms with Gasteiger partial charge in [-0.05, 0) is 55.5 Å². The van der Waals surface area contributed by atoms with Gasteiger partial charge in [0, 0.05) is 19.2 Å². The number of carbonyl (C=O) groups excluding carboxylic acids is 1. The van der Waals surface area contributed by atoms with Crippen molar-refractivity contribution in [2.45, 2.75) is 32.7 Å².